The van der Waals surface area contributed by atoms with Crippen molar-refractivity contribution in [1.29, 1.82) is 0 Å². The molecule has 1 heterocycles. The standard InChI is InChI=1S/C44H59NO9Si/c1-44(2,3)53-43(46)54-45-22-21-40(35-16-18-38(19-17-35)50-24-10-23-48-31-36-11-8-9-12-41(36)47-4)42(29-45)51-30-33-13-14-34-15-20-39(28-37(34)27-33)52-32-49-25-26-55(5,6)7/h8-9,11-20,27-28,40,42H,10,21-26,29-32H2,1-7H3. The summed E-state index contributed by atoms with van der Waals surface area (Å²) in [6.45, 7) is 16.4. The Hall–Kier alpha value is -4.13. The maximum absolute atomic E-state index is 12.6. The zero-order chi connectivity index (χ0) is 39.3. The highest BCUT2D eigenvalue weighted by atomic mass is 28.3. The van der Waals surface area contributed by atoms with Crippen molar-refractivity contribution in [1.82, 2.24) is 5.06 Å². The molecule has 1 aliphatic heterocycles. The summed E-state index contributed by atoms with van der Waals surface area (Å²) < 4.78 is 41.0. The molecule has 0 aromatic heterocycles. The fourth-order valence-electron chi connectivity index (χ4n) is 6.27. The first-order valence-electron chi connectivity index (χ1n) is 19.3. The summed E-state index contributed by atoms with van der Waals surface area (Å²) in [6, 6.07) is 29.6. The highest BCUT2D eigenvalue weighted by Gasteiger charge is 2.34. The Kier molecular flexibility index (Phi) is 15.4. The predicted octanol–water partition coefficient (Wildman–Crippen LogP) is 9.77. The lowest BCUT2D eigenvalue weighted by Gasteiger charge is -2.37. The van der Waals surface area contributed by atoms with Gasteiger partial charge in [0.15, 0.2) is 6.79 Å². The number of hydrogen-bond donors (Lipinski definition) is 0. The lowest BCUT2D eigenvalue weighted by Crippen LogP contribution is -2.45. The molecule has 1 saturated heterocycles. The zero-order valence-corrected chi connectivity index (χ0v) is 34.6. The molecule has 2 atom stereocenters. The summed E-state index contributed by atoms with van der Waals surface area (Å²) >= 11 is 0. The van der Waals surface area contributed by atoms with E-state index in [0.29, 0.717) is 46.1 Å². The number of para-hydroxylation sites is 1. The van der Waals surface area contributed by atoms with E-state index >= 15 is 0 Å². The maximum atomic E-state index is 12.6. The van der Waals surface area contributed by atoms with Crippen molar-refractivity contribution in [2.24, 2.45) is 0 Å². The summed E-state index contributed by atoms with van der Waals surface area (Å²) in [6.07, 6.45) is 0.530. The van der Waals surface area contributed by atoms with Gasteiger partial charge < -0.3 is 38.0 Å². The molecule has 4 aromatic carbocycles. The maximum Gasteiger partial charge on any atom is 0.528 e. The smallest absolute Gasteiger partial charge is 0.496 e. The number of ether oxygens (including phenoxy) is 7. The van der Waals surface area contributed by atoms with Gasteiger partial charge in [-0.25, -0.2) is 4.79 Å². The van der Waals surface area contributed by atoms with Crippen LogP contribution >= 0.6 is 0 Å². The Morgan fingerprint density at radius 3 is 2.35 bits per heavy atom. The average Bonchev–Trinajstić information content (AvgIpc) is 3.14. The third-order valence-corrected chi connectivity index (χ3v) is 10.9. The third kappa shape index (κ3) is 14.1. The van der Waals surface area contributed by atoms with E-state index in [9.17, 15) is 4.79 Å². The van der Waals surface area contributed by atoms with Crippen LogP contribution in [0.4, 0.5) is 4.79 Å². The minimum absolute atomic E-state index is 0.0809. The Balaban J connectivity index is 1.17. The van der Waals surface area contributed by atoms with E-state index in [1.54, 1.807) is 12.2 Å². The molecule has 10 nitrogen and oxygen atoms in total. The fourth-order valence-corrected chi connectivity index (χ4v) is 7.02. The van der Waals surface area contributed by atoms with Crippen LogP contribution < -0.4 is 14.2 Å². The summed E-state index contributed by atoms with van der Waals surface area (Å²) in [4.78, 5) is 18.2. The van der Waals surface area contributed by atoms with Gasteiger partial charge >= 0.3 is 6.16 Å². The van der Waals surface area contributed by atoms with Crippen LogP contribution in [0, 0.1) is 0 Å². The Labute approximate surface area is 327 Å². The monoisotopic (exact) mass is 773 g/mol. The number of benzene rings is 4. The highest BCUT2D eigenvalue weighted by molar-refractivity contribution is 6.76. The van der Waals surface area contributed by atoms with Gasteiger partial charge in [-0.2, -0.15) is 0 Å². The molecule has 4 aromatic rings. The van der Waals surface area contributed by atoms with E-state index in [2.05, 4.69) is 56.0 Å². The van der Waals surface area contributed by atoms with Gasteiger partial charge in [0.25, 0.3) is 0 Å². The molecule has 298 valence electrons. The Bertz CT molecular complexity index is 1790. The largest absolute Gasteiger partial charge is 0.528 e. The van der Waals surface area contributed by atoms with Crippen LogP contribution in [-0.4, -0.2) is 77.8 Å². The minimum atomic E-state index is -1.15. The Morgan fingerprint density at radius 1 is 0.818 bits per heavy atom. The van der Waals surface area contributed by atoms with Crippen molar-refractivity contribution in [3.63, 3.8) is 0 Å². The molecular weight excluding hydrogens is 715 g/mol. The molecule has 0 amide bonds. The fraction of sp³-hybridized carbons (Fsp3) is 0.477. The molecule has 0 N–H and O–H groups in total. The minimum Gasteiger partial charge on any atom is -0.496 e. The predicted molar refractivity (Wildman–Crippen MR) is 218 cm³/mol. The van der Waals surface area contributed by atoms with Gasteiger partial charge in [-0.3, -0.25) is 0 Å². The molecule has 2 unspecified atom stereocenters. The Morgan fingerprint density at radius 2 is 1.58 bits per heavy atom. The van der Waals surface area contributed by atoms with Crippen LogP contribution in [0.25, 0.3) is 10.8 Å². The number of piperidine rings is 1. The summed E-state index contributed by atoms with van der Waals surface area (Å²) in [5, 5.41) is 3.83. The molecule has 55 heavy (non-hydrogen) atoms. The van der Waals surface area contributed by atoms with Crippen molar-refractivity contribution >= 4 is 25.0 Å². The van der Waals surface area contributed by atoms with Crippen molar-refractivity contribution < 1.29 is 42.8 Å². The average molecular weight is 774 g/mol. The second kappa shape index (κ2) is 20.2. The van der Waals surface area contributed by atoms with Crippen LogP contribution in [0.2, 0.25) is 25.7 Å². The van der Waals surface area contributed by atoms with Crippen molar-refractivity contribution in [3.05, 3.63) is 102 Å². The van der Waals surface area contributed by atoms with Crippen LogP contribution in [0.5, 0.6) is 17.2 Å². The number of fused-ring (bicyclic) bond motifs is 1. The first-order valence-corrected chi connectivity index (χ1v) is 23.0. The van der Waals surface area contributed by atoms with Gasteiger partial charge in [-0.15, -0.1) is 5.06 Å². The van der Waals surface area contributed by atoms with Gasteiger partial charge in [0.05, 0.1) is 46.2 Å². The first kappa shape index (κ1) is 42.0. The van der Waals surface area contributed by atoms with Gasteiger partial charge in [0.1, 0.15) is 22.8 Å². The number of carbonyl (C=O) groups is 1. The van der Waals surface area contributed by atoms with E-state index in [1.165, 1.54) is 0 Å². The van der Waals surface area contributed by atoms with Crippen molar-refractivity contribution in [2.45, 2.75) is 90.1 Å². The molecule has 1 aliphatic rings. The van der Waals surface area contributed by atoms with Gasteiger partial charge in [-0.1, -0.05) is 68.2 Å². The van der Waals surface area contributed by atoms with E-state index in [-0.39, 0.29) is 18.8 Å². The van der Waals surface area contributed by atoms with Crippen LogP contribution in [-0.2, 0) is 37.0 Å². The van der Waals surface area contributed by atoms with Crippen LogP contribution in [0.3, 0.4) is 0 Å². The first-order chi connectivity index (χ1) is 26.3. The molecule has 0 saturated carbocycles. The number of nitrogens with zero attached hydrogens (tertiary/aromatic N) is 1. The summed E-state index contributed by atoms with van der Waals surface area (Å²) in [7, 11) is 0.519. The van der Waals surface area contributed by atoms with Crippen molar-refractivity contribution in [2.75, 3.05) is 46.8 Å². The number of methoxy groups -OCH3 is 1. The molecule has 0 bridgehead atoms. The van der Waals surface area contributed by atoms with Crippen molar-refractivity contribution in [3.8, 4) is 17.2 Å². The van der Waals surface area contributed by atoms with Gasteiger partial charge in [0.2, 0.25) is 0 Å². The number of rotatable bonds is 19. The second-order valence-corrected chi connectivity index (χ2v) is 21.8. The van der Waals surface area contributed by atoms with Gasteiger partial charge in [-0.05, 0) is 91.5 Å². The lowest BCUT2D eigenvalue weighted by molar-refractivity contribution is -0.179. The van der Waals surface area contributed by atoms with E-state index in [0.717, 1.165) is 63.6 Å². The number of carbonyl (C=O) groups excluding carboxylic acids is 1. The molecule has 5 rings (SSSR count). The molecule has 11 heteroatoms. The van der Waals surface area contributed by atoms with Crippen LogP contribution in [0.1, 0.15) is 56.2 Å². The van der Waals surface area contributed by atoms with E-state index < -0.39 is 19.8 Å². The van der Waals surface area contributed by atoms with Crippen LogP contribution in [0.15, 0.2) is 84.9 Å². The van der Waals surface area contributed by atoms with E-state index in [1.807, 2.05) is 69.3 Å². The van der Waals surface area contributed by atoms with E-state index in [4.69, 9.17) is 38.0 Å². The molecule has 1 fully saturated rings. The lowest BCUT2D eigenvalue weighted by atomic mass is 9.87. The number of hydroxylamine groups is 2. The zero-order valence-electron chi connectivity index (χ0n) is 33.6. The molecular formula is C44H59NO9Si. The number of hydrogen-bond acceptors (Lipinski definition) is 10. The molecule has 0 spiro atoms. The quantitative estimate of drug-likeness (QED) is 0.0397. The topological polar surface area (TPSA) is 94.2 Å². The molecule has 0 radical (unpaired) electrons. The summed E-state index contributed by atoms with van der Waals surface area (Å²) in [5.74, 6) is 2.48. The van der Waals surface area contributed by atoms with Gasteiger partial charge in [0, 0.05) is 39.1 Å². The summed E-state index contributed by atoms with van der Waals surface area (Å²) in [5.41, 5.74) is 2.55. The molecule has 0 aliphatic carbocycles. The SMILES string of the molecule is COc1ccccc1COCCCOc1ccc(C2CCN(OC(=O)OC(C)(C)C)CC2OCc2ccc3ccc(OCOCC[Si](C)(C)C)cc3c2)cc1. The third-order valence-electron chi connectivity index (χ3n) is 9.22. The normalized spacial score (nSPS) is 16.5. The second-order valence-electron chi connectivity index (χ2n) is 16.1. The highest BCUT2D eigenvalue weighted by Crippen LogP contribution is 2.33.